The van der Waals surface area contributed by atoms with E-state index >= 15 is 0 Å². The molecule has 2 aromatic carbocycles. The average Bonchev–Trinajstić information content (AvgIpc) is 3.28. The zero-order valence-electron chi connectivity index (χ0n) is 23.5. The topological polar surface area (TPSA) is 144 Å². The van der Waals surface area contributed by atoms with Crippen LogP contribution in [0.2, 0.25) is 5.02 Å². The van der Waals surface area contributed by atoms with Gasteiger partial charge in [0.2, 0.25) is 5.91 Å². The first-order valence-corrected chi connectivity index (χ1v) is 15.1. The third-order valence-electron chi connectivity index (χ3n) is 5.63. The van der Waals surface area contributed by atoms with Crippen molar-refractivity contribution in [2.24, 2.45) is 0 Å². The number of hydrogen-bond donors (Lipinski definition) is 3. The lowest BCUT2D eigenvalue weighted by Crippen LogP contribution is -2.40. The number of fused-ring (bicyclic) bond motifs is 1. The molecule has 0 saturated carbocycles. The zero-order valence-corrected chi connectivity index (χ0v) is 25.9. The third-order valence-corrected chi connectivity index (χ3v) is 6.71. The van der Waals surface area contributed by atoms with Gasteiger partial charge in [0, 0.05) is 42.3 Å². The van der Waals surface area contributed by atoms with Crippen molar-refractivity contribution < 1.29 is 22.7 Å². The van der Waals surface area contributed by atoms with E-state index in [9.17, 15) is 18.0 Å². The van der Waals surface area contributed by atoms with Crippen molar-refractivity contribution in [2.45, 2.75) is 32.9 Å². The van der Waals surface area contributed by atoms with Crippen molar-refractivity contribution in [3.63, 3.8) is 0 Å². The number of amides is 2. The van der Waals surface area contributed by atoms with Crippen LogP contribution in [0.25, 0.3) is 11.0 Å². The number of rotatable bonds is 10. The van der Waals surface area contributed by atoms with E-state index in [2.05, 4.69) is 25.9 Å². The van der Waals surface area contributed by atoms with Gasteiger partial charge in [-0.15, -0.1) is 12.4 Å². The summed E-state index contributed by atoms with van der Waals surface area (Å²) in [6.07, 6.45) is 4.26. The number of benzene rings is 2. The molecule has 0 saturated heterocycles. The van der Waals surface area contributed by atoms with E-state index in [0.717, 1.165) is 6.26 Å². The Morgan fingerprint density at radius 2 is 1.83 bits per heavy atom. The van der Waals surface area contributed by atoms with Gasteiger partial charge in [-0.25, -0.2) is 18.4 Å². The molecule has 0 spiro atoms. The summed E-state index contributed by atoms with van der Waals surface area (Å²) in [5, 5.41) is 9.13. The monoisotopic (exact) mass is 634 g/mol. The summed E-state index contributed by atoms with van der Waals surface area (Å²) in [6, 6.07) is 13.9. The quantitative estimate of drug-likeness (QED) is 0.227. The Balaban J connectivity index is 0.00000484. The number of carbonyl (C=O) groups is 2. The molecule has 14 heteroatoms. The molecular weight excluding hydrogens is 603 g/mol. The van der Waals surface area contributed by atoms with Gasteiger partial charge in [-0.3, -0.25) is 9.59 Å². The largest absolute Gasteiger partial charge is 0.456 e. The molecule has 0 fully saturated rings. The van der Waals surface area contributed by atoms with Gasteiger partial charge in [-0.05, 0) is 63.2 Å². The first kappa shape index (κ1) is 32.6. The number of anilines is 2. The van der Waals surface area contributed by atoms with Gasteiger partial charge < -0.3 is 25.3 Å². The summed E-state index contributed by atoms with van der Waals surface area (Å²) in [4.78, 5) is 33.1. The van der Waals surface area contributed by atoms with Crippen LogP contribution in [0, 0.1) is 0 Å². The Morgan fingerprint density at radius 3 is 2.52 bits per heavy atom. The van der Waals surface area contributed by atoms with E-state index in [1.165, 1.54) is 6.33 Å². The third kappa shape index (κ3) is 9.07. The van der Waals surface area contributed by atoms with Crippen LogP contribution in [0.5, 0.6) is 11.5 Å². The highest BCUT2D eigenvalue weighted by Gasteiger charge is 2.17. The number of nitrogens with zero attached hydrogens (tertiary/aromatic N) is 3. The van der Waals surface area contributed by atoms with Gasteiger partial charge in [0.25, 0.3) is 5.91 Å². The van der Waals surface area contributed by atoms with Crippen LogP contribution >= 0.6 is 24.0 Å². The average molecular weight is 636 g/mol. The minimum absolute atomic E-state index is 0. The molecule has 2 heterocycles. The van der Waals surface area contributed by atoms with Crippen LogP contribution in [0.15, 0.2) is 61.1 Å². The molecule has 0 aliphatic carbocycles. The van der Waals surface area contributed by atoms with Crippen molar-refractivity contribution in [1.29, 1.82) is 0 Å². The van der Waals surface area contributed by atoms with Crippen LogP contribution in [-0.4, -0.2) is 58.9 Å². The summed E-state index contributed by atoms with van der Waals surface area (Å²) < 4.78 is 30.5. The Labute approximate surface area is 255 Å². The fourth-order valence-electron chi connectivity index (χ4n) is 3.95. The van der Waals surface area contributed by atoms with Crippen LogP contribution in [-0.2, 0) is 21.2 Å². The van der Waals surface area contributed by atoms with E-state index in [0.29, 0.717) is 51.2 Å². The molecule has 0 aliphatic rings. The lowest BCUT2D eigenvalue weighted by atomic mass is 10.1. The fourth-order valence-corrected chi connectivity index (χ4v) is 4.75. The highest BCUT2D eigenvalue weighted by molar-refractivity contribution is 7.91. The van der Waals surface area contributed by atoms with Gasteiger partial charge in [-0.1, -0.05) is 17.7 Å². The molecule has 3 N–H and O–H groups in total. The van der Waals surface area contributed by atoms with E-state index in [1.54, 1.807) is 42.5 Å². The minimum atomic E-state index is -3.40. The molecule has 0 atom stereocenters. The van der Waals surface area contributed by atoms with Crippen molar-refractivity contribution in [2.75, 3.05) is 23.9 Å². The van der Waals surface area contributed by atoms with Crippen molar-refractivity contribution >= 4 is 68.2 Å². The molecule has 4 aromatic rings. The standard InChI is InChI=1S/C28H31ClN6O5S.ClH/c1-28(2,3)34-27(37)18-6-5-7-20(14-18)40-23-9-8-19(15-21(23)29)33-26-25-22(31-17-32-26)10-12-35(25)13-11-30-24(36)16-41(4,38)39;/h5-10,12,14-15,17H,11,13,16H2,1-4H3,(H,30,36)(H,34,37)(H,31,32,33);1H. The van der Waals surface area contributed by atoms with Gasteiger partial charge in [0.1, 0.15) is 29.1 Å². The first-order chi connectivity index (χ1) is 19.3. The van der Waals surface area contributed by atoms with Crippen molar-refractivity contribution in [1.82, 2.24) is 25.2 Å². The Morgan fingerprint density at radius 1 is 1.07 bits per heavy atom. The van der Waals surface area contributed by atoms with E-state index in [-0.39, 0.29) is 30.4 Å². The predicted octanol–water partition coefficient (Wildman–Crippen LogP) is 4.73. The highest BCUT2D eigenvalue weighted by Crippen LogP contribution is 2.33. The number of aromatic nitrogens is 3. The van der Waals surface area contributed by atoms with E-state index in [4.69, 9.17) is 16.3 Å². The number of sulfone groups is 1. The minimum Gasteiger partial charge on any atom is -0.456 e. The first-order valence-electron chi connectivity index (χ1n) is 12.7. The second-order valence-electron chi connectivity index (χ2n) is 10.5. The Kier molecular flexibility index (Phi) is 10.4. The SMILES string of the molecule is CC(C)(C)NC(=O)c1cccc(Oc2ccc(Nc3ncnc4ccn(CCNC(=O)CS(C)(=O)=O)c34)cc2Cl)c1.Cl. The van der Waals surface area contributed by atoms with E-state index in [1.807, 2.05) is 37.6 Å². The van der Waals surface area contributed by atoms with Crippen LogP contribution < -0.4 is 20.7 Å². The molecule has 0 bridgehead atoms. The molecule has 0 radical (unpaired) electrons. The van der Waals surface area contributed by atoms with Gasteiger partial charge in [0.05, 0.1) is 10.5 Å². The Bertz CT molecular complexity index is 1700. The molecule has 4 rings (SSSR count). The van der Waals surface area contributed by atoms with Gasteiger partial charge in [0.15, 0.2) is 15.7 Å². The maximum absolute atomic E-state index is 12.5. The number of hydrogen-bond acceptors (Lipinski definition) is 8. The van der Waals surface area contributed by atoms with Crippen molar-refractivity contribution in [3.05, 3.63) is 71.6 Å². The smallest absolute Gasteiger partial charge is 0.251 e. The molecule has 0 unspecified atom stereocenters. The Hall–Kier alpha value is -3.87. The van der Waals surface area contributed by atoms with Gasteiger partial charge >= 0.3 is 0 Å². The molecule has 0 aliphatic heterocycles. The number of ether oxygens (including phenoxy) is 1. The second-order valence-corrected chi connectivity index (χ2v) is 13.0. The normalized spacial score (nSPS) is 11.5. The number of halogens is 2. The lowest BCUT2D eigenvalue weighted by molar-refractivity contribution is -0.118. The molecular formula is C28H32Cl2N6O5S. The fraction of sp³-hybridized carbons (Fsp3) is 0.286. The second kappa shape index (κ2) is 13.4. The zero-order chi connectivity index (χ0) is 29.8. The maximum Gasteiger partial charge on any atom is 0.251 e. The molecule has 2 aromatic heterocycles. The summed E-state index contributed by atoms with van der Waals surface area (Å²) in [5.74, 6) is 0.0686. The van der Waals surface area contributed by atoms with Crippen LogP contribution in [0.3, 0.4) is 0 Å². The number of nitrogens with one attached hydrogen (secondary N) is 3. The van der Waals surface area contributed by atoms with Gasteiger partial charge in [-0.2, -0.15) is 0 Å². The molecule has 2 amide bonds. The maximum atomic E-state index is 12.5. The molecule has 224 valence electrons. The predicted molar refractivity (Wildman–Crippen MR) is 166 cm³/mol. The van der Waals surface area contributed by atoms with E-state index < -0.39 is 21.5 Å². The van der Waals surface area contributed by atoms with Crippen LogP contribution in [0.4, 0.5) is 11.5 Å². The molecule has 11 nitrogen and oxygen atoms in total. The van der Waals surface area contributed by atoms with Crippen LogP contribution in [0.1, 0.15) is 31.1 Å². The summed E-state index contributed by atoms with van der Waals surface area (Å²) >= 11 is 6.54. The number of carbonyl (C=O) groups excluding carboxylic acids is 2. The summed E-state index contributed by atoms with van der Waals surface area (Å²) in [6.45, 7) is 6.34. The summed E-state index contributed by atoms with van der Waals surface area (Å²) in [7, 11) is -3.40. The molecule has 42 heavy (non-hydrogen) atoms. The lowest BCUT2D eigenvalue weighted by Gasteiger charge is -2.20. The summed E-state index contributed by atoms with van der Waals surface area (Å²) in [5.41, 5.74) is 2.14. The van der Waals surface area contributed by atoms with Crippen molar-refractivity contribution in [3.8, 4) is 11.5 Å². The highest BCUT2D eigenvalue weighted by atomic mass is 35.5.